The summed E-state index contributed by atoms with van der Waals surface area (Å²) in [6.45, 7) is 3.76. The number of aromatic amines is 1. The number of guanidine groups is 1. The van der Waals surface area contributed by atoms with Crippen molar-refractivity contribution in [3.8, 4) is 11.8 Å². The van der Waals surface area contributed by atoms with Gasteiger partial charge in [-0.05, 0) is 31.5 Å². The molecule has 0 bridgehead atoms. The van der Waals surface area contributed by atoms with E-state index in [2.05, 4.69) is 22.1 Å². The van der Waals surface area contributed by atoms with Crippen molar-refractivity contribution >= 4 is 22.8 Å². The van der Waals surface area contributed by atoms with Gasteiger partial charge in [0.15, 0.2) is 5.96 Å². The molecular formula is C17H18N4O. The Balaban J connectivity index is 2.08. The van der Waals surface area contributed by atoms with Gasteiger partial charge in [0.05, 0.1) is 12.0 Å². The second-order valence-electron chi connectivity index (χ2n) is 5.77. The molecule has 1 fully saturated rings. The minimum atomic E-state index is -0.580. The topological polar surface area (TPSA) is 72.0 Å². The Morgan fingerprint density at radius 1 is 1.41 bits per heavy atom. The molecular weight excluding hydrogens is 276 g/mol. The Kier molecular flexibility index (Phi) is 3.18. The molecule has 1 unspecified atom stereocenters. The van der Waals surface area contributed by atoms with E-state index < -0.39 is 5.54 Å². The van der Waals surface area contributed by atoms with Gasteiger partial charge in [-0.2, -0.15) is 0 Å². The third-order valence-electron chi connectivity index (χ3n) is 4.19. The monoisotopic (exact) mass is 294 g/mol. The van der Waals surface area contributed by atoms with Crippen LogP contribution in [0.15, 0.2) is 24.4 Å². The molecule has 1 aromatic heterocycles. The lowest BCUT2D eigenvalue weighted by atomic mass is 9.86. The van der Waals surface area contributed by atoms with Crippen LogP contribution in [0.2, 0.25) is 0 Å². The van der Waals surface area contributed by atoms with Gasteiger partial charge in [-0.3, -0.25) is 15.1 Å². The Morgan fingerprint density at radius 3 is 2.86 bits per heavy atom. The molecule has 22 heavy (non-hydrogen) atoms. The van der Waals surface area contributed by atoms with Gasteiger partial charge in [-0.1, -0.05) is 12.0 Å². The first-order chi connectivity index (χ1) is 10.4. The molecule has 1 atom stereocenters. The normalized spacial score (nSPS) is 21.5. The summed E-state index contributed by atoms with van der Waals surface area (Å²) in [6.07, 6.45) is 2.21. The third kappa shape index (κ3) is 2.13. The average Bonchev–Trinajstić information content (AvgIpc) is 2.88. The largest absolute Gasteiger partial charge is 0.360 e. The fourth-order valence-corrected chi connectivity index (χ4v) is 2.81. The van der Waals surface area contributed by atoms with Gasteiger partial charge in [0, 0.05) is 29.7 Å². The standard InChI is InChI=1S/C17H18N4O/c1-4-5-11-10-19-14-7-6-12(8-13(11)14)17(2)9-15(22)21(3)16(18)20-17/h6-8,10,19H,9H2,1-3H3,(H2,18,20). The molecule has 1 aliphatic rings. The smallest absolute Gasteiger partial charge is 0.231 e. The van der Waals surface area contributed by atoms with Gasteiger partial charge >= 0.3 is 0 Å². The van der Waals surface area contributed by atoms with Crippen molar-refractivity contribution in [2.45, 2.75) is 25.8 Å². The SMILES string of the molecule is CC#Cc1c[nH]c2ccc(C3(C)CC(=O)N(C)C(=N)N3)cc12. The number of benzene rings is 1. The first-order valence-electron chi connectivity index (χ1n) is 7.12. The van der Waals surface area contributed by atoms with E-state index in [1.807, 2.05) is 38.2 Å². The van der Waals surface area contributed by atoms with E-state index in [1.165, 1.54) is 4.90 Å². The second-order valence-corrected chi connectivity index (χ2v) is 5.77. The molecule has 0 aliphatic carbocycles. The molecule has 1 amide bonds. The number of amides is 1. The lowest BCUT2D eigenvalue weighted by molar-refractivity contribution is -0.129. The Bertz CT molecular complexity index is 819. The van der Waals surface area contributed by atoms with E-state index in [-0.39, 0.29) is 11.9 Å². The minimum Gasteiger partial charge on any atom is -0.360 e. The summed E-state index contributed by atoms with van der Waals surface area (Å²) >= 11 is 0. The first-order valence-corrected chi connectivity index (χ1v) is 7.12. The Morgan fingerprint density at radius 2 is 2.18 bits per heavy atom. The van der Waals surface area contributed by atoms with Crippen molar-refractivity contribution in [2.24, 2.45) is 0 Å². The number of hydrogen-bond donors (Lipinski definition) is 3. The molecule has 112 valence electrons. The van der Waals surface area contributed by atoms with Crippen molar-refractivity contribution in [3.63, 3.8) is 0 Å². The van der Waals surface area contributed by atoms with Crippen molar-refractivity contribution in [2.75, 3.05) is 7.05 Å². The van der Waals surface area contributed by atoms with Crippen LogP contribution >= 0.6 is 0 Å². The molecule has 0 spiro atoms. The van der Waals surface area contributed by atoms with E-state index in [4.69, 9.17) is 5.41 Å². The van der Waals surface area contributed by atoms with E-state index >= 15 is 0 Å². The zero-order chi connectivity index (χ0) is 15.9. The number of nitrogens with one attached hydrogen (secondary N) is 3. The van der Waals surface area contributed by atoms with Crippen LogP contribution in [0.25, 0.3) is 10.9 Å². The molecule has 0 saturated carbocycles. The number of hydrogen-bond acceptors (Lipinski definition) is 2. The van der Waals surface area contributed by atoms with Crippen molar-refractivity contribution in [3.05, 3.63) is 35.5 Å². The molecule has 1 saturated heterocycles. The Labute approximate surface area is 129 Å². The fourth-order valence-electron chi connectivity index (χ4n) is 2.81. The maximum Gasteiger partial charge on any atom is 0.231 e. The summed E-state index contributed by atoms with van der Waals surface area (Å²) in [5.74, 6) is 6.05. The maximum absolute atomic E-state index is 12.1. The highest BCUT2D eigenvalue weighted by Crippen LogP contribution is 2.31. The van der Waals surface area contributed by atoms with E-state index in [9.17, 15) is 4.79 Å². The van der Waals surface area contributed by atoms with Crippen LogP contribution in [0, 0.1) is 17.3 Å². The highest BCUT2D eigenvalue weighted by atomic mass is 16.2. The van der Waals surface area contributed by atoms with Crippen molar-refractivity contribution in [1.29, 1.82) is 5.41 Å². The average molecular weight is 294 g/mol. The van der Waals surface area contributed by atoms with Crippen molar-refractivity contribution in [1.82, 2.24) is 15.2 Å². The number of carbonyl (C=O) groups excluding carboxylic acids is 1. The van der Waals surface area contributed by atoms with Crippen LogP contribution in [0.5, 0.6) is 0 Å². The number of rotatable bonds is 1. The molecule has 1 aliphatic heterocycles. The van der Waals surface area contributed by atoms with Gasteiger partial charge in [-0.25, -0.2) is 0 Å². The van der Waals surface area contributed by atoms with Crippen LogP contribution in [-0.4, -0.2) is 28.8 Å². The molecule has 5 nitrogen and oxygen atoms in total. The van der Waals surface area contributed by atoms with Crippen LogP contribution in [-0.2, 0) is 10.3 Å². The van der Waals surface area contributed by atoms with Gasteiger partial charge in [0.1, 0.15) is 0 Å². The molecule has 0 radical (unpaired) electrons. The highest BCUT2D eigenvalue weighted by Gasteiger charge is 2.37. The first kappa shape index (κ1) is 14.2. The molecule has 3 N–H and O–H groups in total. The third-order valence-corrected chi connectivity index (χ3v) is 4.19. The van der Waals surface area contributed by atoms with E-state index in [1.54, 1.807) is 7.05 Å². The maximum atomic E-state index is 12.1. The van der Waals surface area contributed by atoms with Gasteiger partial charge < -0.3 is 10.3 Å². The molecule has 5 heteroatoms. The molecule has 3 rings (SSSR count). The van der Waals surface area contributed by atoms with Gasteiger partial charge in [-0.15, -0.1) is 5.92 Å². The molecule has 2 heterocycles. The summed E-state index contributed by atoms with van der Waals surface area (Å²) in [4.78, 5) is 16.6. The number of nitrogens with zero attached hydrogens (tertiary/aromatic N) is 1. The highest BCUT2D eigenvalue weighted by molar-refractivity contribution is 5.99. The Hall–Kier alpha value is -2.74. The summed E-state index contributed by atoms with van der Waals surface area (Å²) in [5, 5.41) is 12.1. The number of carbonyl (C=O) groups is 1. The fraction of sp³-hybridized carbons (Fsp3) is 0.294. The zero-order valence-electron chi connectivity index (χ0n) is 12.9. The lowest BCUT2D eigenvalue weighted by Crippen LogP contribution is -2.58. The van der Waals surface area contributed by atoms with Gasteiger partial charge in [0.2, 0.25) is 5.91 Å². The predicted octanol–water partition coefficient (Wildman–Crippen LogP) is 2.14. The van der Waals surface area contributed by atoms with Crippen LogP contribution in [0.3, 0.4) is 0 Å². The number of fused-ring (bicyclic) bond motifs is 1. The van der Waals surface area contributed by atoms with Crippen LogP contribution in [0.4, 0.5) is 0 Å². The quantitative estimate of drug-likeness (QED) is 0.705. The van der Waals surface area contributed by atoms with Crippen LogP contribution in [0.1, 0.15) is 31.4 Å². The minimum absolute atomic E-state index is 0.0611. The second kappa shape index (κ2) is 4.92. The molecule has 1 aromatic carbocycles. The van der Waals surface area contributed by atoms with Crippen LogP contribution < -0.4 is 5.32 Å². The van der Waals surface area contributed by atoms with E-state index in [0.717, 1.165) is 22.0 Å². The summed E-state index contributed by atoms with van der Waals surface area (Å²) < 4.78 is 0. The van der Waals surface area contributed by atoms with Crippen molar-refractivity contribution < 1.29 is 4.79 Å². The predicted molar refractivity (Wildman–Crippen MR) is 86.5 cm³/mol. The van der Waals surface area contributed by atoms with Gasteiger partial charge in [0.25, 0.3) is 0 Å². The van der Waals surface area contributed by atoms with E-state index in [0.29, 0.717) is 6.42 Å². The zero-order valence-corrected chi connectivity index (χ0v) is 12.9. The number of aromatic nitrogens is 1. The lowest BCUT2D eigenvalue weighted by Gasteiger charge is -2.39. The summed E-state index contributed by atoms with van der Waals surface area (Å²) in [7, 11) is 1.61. The molecule has 2 aromatic rings. The summed E-state index contributed by atoms with van der Waals surface area (Å²) in [6, 6.07) is 6.02. The number of H-pyrrole nitrogens is 1. The summed E-state index contributed by atoms with van der Waals surface area (Å²) in [5.41, 5.74) is 2.35.